The van der Waals surface area contributed by atoms with Crippen LogP contribution in [0.3, 0.4) is 0 Å². The Hall–Kier alpha value is -0.0800. The molecule has 0 spiro atoms. The molecular formula is C17H36N2. The second-order valence-corrected chi connectivity index (χ2v) is 6.69. The molecule has 0 saturated carbocycles. The van der Waals surface area contributed by atoms with Crippen molar-refractivity contribution < 1.29 is 0 Å². The smallest absolute Gasteiger partial charge is 0.0709 e. The van der Waals surface area contributed by atoms with Crippen LogP contribution in [0.2, 0.25) is 0 Å². The van der Waals surface area contributed by atoms with Crippen molar-refractivity contribution in [3.05, 3.63) is 0 Å². The van der Waals surface area contributed by atoms with Gasteiger partial charge < -0.3 is 5.73 Å². The number of hydrogen-bond acceptors (Lipinski definition) is 2. The molecule has 1 saturated heterocycles. The summed E-state index contributed by atoms with van der Waals surface area (Å²) < 4.78 is 0. The van der Waals surface area contributed by atoms with Crippen LogP contribution in [-0.2, 0) is 0 Å². The SMILES string of the molecule is CCCCCCCC(C)(CCCCCC)N1CC1N. The zero-order valence-electron chi connectivity index (χ0n) is 13.6. The first-order valence-electron chi connectivity index (χ1n) is 8.66. The molecule has 3 atom stereocenters. The summed E-state index contributed by atoms with van der Waals surface area (Å²) in [7, 11) is 0. The van der Waals surface area contributed by atoms with Gasteiger partial charge in [-0.25, -0.2) is 0 Å². The molecule has 2 N–H and O–H groups in total. The first-order chi connectivity index (χ1) is 9.14. The molecule has 114 valence electrons. The van der Waals surface area contributed by atoms with Gasteiger partial charge in [-0.3, -0.25) is 4.90 Å². The molecule has 0 radical (unpaired) electrons. The van der Waals surface area contributed by atoms with Crippen molar-refractivity contribution in [1.82, 2.24) is 4.90 Å². The minimum absolute atomic E-state index is 0.354. The number of nitrogens with two attached hydrogens (primary N) is 1. The second kappa shape index (κ2) is 8.97. The zero-order valence-corrected chi connectivity index (χ0v) is 13.6. The Morgan fingerprint density at radius 1 is 0.895 bits per heavy atom. The number of rotatable bonds is 12. The van der Waals surface area contributed by atoms with Gasteiger partial charge in [-0.1, -0.05) is 71.6 Å². The van der Waals surface area contributed by atoms with E-state index in [1.165, 1.54) is 70.6 Å². The van der Waals surface area contributed by atoms with Crippen molar-refractivity contribution in [1.29, 1.82) is 0 Å². The van der Waals surface area contributed by atoms with Gasteiger partial charge in [-0.2, -0.15) is 0 Å². The molecule has 19 heavy (non-hydrogen) atoms. The van der Waals surface area contributed by atoms with Crippen molar-refractivity contribution >= 4 is 0 Å². The molecule has 1 aliphatic heterocycles. The summed E-state index contributed by atoms with van der Waals surface area (Å²) in [5, 5.41) is 0. The maximum atomic E-state index is 6.06. The van der Waals surface area contributed by atoms with E-state index < -0.39 is 0 Å². The Balaban J connectivity index is 2.25. The summed E-state index contributed by atoms with van der Waals surface area (Å²) in [5.41, 5.74) is 6.45. The highest BCUT2D eigenvalue weighted by atomic mass is 15.4. The van der Waals surface area contributed by atoms with E-state index in [0.29, 0.717) is 11.7 Å². The van der Waals surface area contributed by atoms with Gasteiger partial charge in [-0.05, 0) is 19.8 Å². The molecule has 1 rings (SSSR count). The number of hydrogen-bond donors (Lipinski definition) is 1. The van der Waals surface area contributed by atoms with Crippen molar-refractivity contribution in [2.75, 3.05) is 6.54 Å². The molecule has 0 aromatic heterocycles. The third kappa shape index (κ3) is 6.27. The highest BCUT2D eigenvalue weighted by Gasteiger charge is 2.43. The molecule has 3 unspecified atom stereocenters. The Kier molecular flexibility index (Phi) is 8.01. The number of unbranched alkanes of at least 4 members (excludes halogenated alkanes) is 7. The van der Waals surface area contributed by atoms with Crippen molar-refractivity contribution in [2.24, 2.45) is 5.73 Å². The lowest BCUT2D eigenvalue weighted by molar-refractivity contribution is 0.189. The quantitative estimate of drug-likeness (QED) is 0.411. The Morgan fingerprint density at radius 2 is 1.32 bits per heavy atom. The monoisotopic (exact) mass is 268 g/mol. The van der Waals surface area contributed by atoms with E-state index in [0.717, 1.165) is 6.54 Å². The van der Waals surface area contributed by atoms with Crippen LogP contribution >= 0.6 is 0 Å². The fraction of sp³-hybridized carbons (Fsp3) is 1.00. The average Bonchev–Trinajstić information content (AvgIpc) is 3.13. The third-order valence-corrected chi connectivity index (χ3v) is 4.73. The molecule has 1 fully saturated rings. The van der Waals surface area contributed by atoms with Gasteiger partial charge in [0.1, 0.15) is 0 Å². The molecule has 0 amide bonds. The lowest BCUT2D eigenvalue weighted by Crippen LogP contribution is -2.37. The van der Waals surface area contributed by atoms with Crippen molar-refractivity contribution in [3.63, 3.8) is 0 Å². The summed E-state index contributed by atoms with van der Waals surface area (Å²) >= 11 is 0. The Morgan fingerprint density at radius 3 is 1.74 bits per heavy atom. The molecule has 0 aromatic carbocycles. The topological polar surface area (TPSA) is 29.0 Å². The lowest BCUT2D eigenvalue weighted by atomic mass is 9.88. The molecule has 0 bridgehead atoms. The van der Waals surface area contributed by atoms with Gasteiger partial charge in [0.25, 0.3) is 0 Å². The normalized spacial score (nSPS) is 25.3. The van der Waals surface area contributed by atoms with Crippen LogP contribution in [0.5, 0.6) is 0 Å². The lowest BCUT2D eigenvalue weighted by Gasteiger charge is -2.32. The molecular weight excluding hydrogens is 232 g/mol. The van der Waals surface area contributed by atoms with E-state index in [9.17, 15) is 0 Å². The van der Waals surface area contributed by atoms with Gasteiger partial charge in [0.2, 0.25) is 0 Å². The van der Waals surface area contributed by atoms with Crippen LogP contribution in [0.15, 0.2) is 0 Å². The highest BCUT2D eigenvalue weighted by molar-refractivity contribution is 4.98. The predicted molar refractivity (Wildman–Crippen MR) is 85.2 cm³/mol. The van der Waals surface area contributed by atoms with E-state index in [2.05, 4.69) is 25.7 Å². The summed E-state index contributed by atoms with van der Waals surface area (Å²) in [6, 6.07) is 0. The molecule has 1 heterocycles. The maximum Gasteiger partial charge on any atom is 0.0709 e. The highest BCUT2D eigenvalue weighted by Crippen LogP contribution is 2.35. The van der Waals surface area contributed by atoms with E-state index in [1.54, 1.807) is 0 Å². The minimum Gasteiger partial charge on any atom is -0.315 e. The predicted octanol–water partition coefficient (Wildman–Crippen LogP) is 4.68. The number of nitrogens with zero attached hydrogens (tertiary/aromatic N) is 1. The first kappa shape index (κ1) is 17.0. The third-order valence-electron chi connectivity index (χ3n) is 4.73. The Labute approximate surface area is 121 Å². The van der Waals surface area contributed by atoms with E-state index in [1.807, 2.05) is 0 Å². The van der Waals surface area contributed by atoms with Crippen molar-refractivity contribution in [3.8, 4) is 0 Å². The van der Waals surface area contributed by atoms with E-state index in [4.69, 9.17) is 5.73 Å². The van der Waals surface area contributed by atoms with Gasteiger partial charge >= 0.3 is 0 Å². The van der Waals surface area contributed by atoms with Crippen molar-refractivity contribution in [2.45, 2.75) is 103 Å². The van der Waals surface area contributed by atoms with Crippen LogP contribution in [0.25, 0.3) is 0 Å². The standard InChI is InChI=1S/C17H36N2/c1-4-6-8-10-12-14-17(3,19-15-16(19)18)13-11-9-7-5-2/h16H,4-15,18H2,1-3H3. The van der Waals surface area contributed by atoms with Crippen LogP contribution < -0.4 is 5.73 Å². The van der Waals surface area contributed by atoms with Crippen LogP contribution in [0.4, 0.5) is 0 Å². The average molecular weight is 268 g/mol. The van der Waals surface area contributed by atoms with Gasteiger partial charge in [-0.15, -0.1) is 0 Å². The zero-order chi connectivity index (χ0) is 14.1. The fourth-order valence-electron chi connectivity index (χ4n) is 3.23. The van der Waals surface area contributed by atoms with Crippen LogP contribution in [0.1, 0.15) is 91.4 Å². The summed E-state index contributed by atoms with van der Waals surface area (Å²) in [5.74, 6) is 0. The van der Waals surface area contributed by atoms with Crippen LogP contribution in [-0.4, -0.2) is 23.1 Å². The summed E-state index contributed by atoms with van der Waals surface area (Å²) in [6.07, 6.45) is 15.5. The molecule has 2 heteroatoms. The molecule has 0 aliphatic carbocycles. The maximum absolute atomic E-state index is 6.06. The van der Waals surface area contributed by atoms with E-state index >= 15 is 0 Å². The fourth-order valence-corrected chi connectivity index (χ4v) is 3.23. The molecule has 2 nitrogen and oxygen atoms in total. The van der Waals surface area contributed by atoms with E-state index in [-0.39, 0.29) is 0 Å². The minimum atomic E-state index is 0.354. The van der Waals surface area contributed by atoms with Gasteiger partial charge in [0.05, 0.1) is 6.17 Å². The summed E-state index contributed by atoms with van der Waals surface area (Å²) in [6.45, 7) is 8.14. The first-order valence-corrected chi connectivity index (χ1v) is 8.66. The Bertz CT molecular complexity index is 229. The second-order valence-electron chi connectivity index (χ2n) is 6.69. The van der Waals surface area contributed by atoms with Crippen LogP contribution in [0, 0.1) is 0 Å². The molecule has 0 aromatic rings. The summed E-state index contributed by atoms with van der Waals surface area (Å²) in [4.78, 5) is 2.53. The van der Waals surface area contributed by atoms with Gasteiger partial charge in [0.15, 0.2) is 0 Å². The largest absolute Gasteiger partial charge is 0.315 e. The van der Waals surface area contributed by atoms with Gasteiger partial charge in [0, 0.05) is 12.1 Å². The molecule has 1 aliphatic rings.